The zero-order valence-corrected chi connectivity index (χ0v) is 12.9. The van der Waals surface area contributed by atoms with Gasteiger partial charge in [0.2, 0.25) is 0 Å². The summed E-state index contributed by atoms with van der Waals surface area (Å²) in [5.41, 5.74) is 0.519. The highest BCUT2D eigenvalue weighted by Crippen LogP contribution is 2.37. The maximum Gasteiger partial charge on any atom is 0.0622 e. The molecule has 0 aromatic heterocycles. The van der Waals surface area contributed by atoms with Crippen molar-refractivity contribution in [2.75, 3.05) is 39.9 Å². The van der Waals surface area contributed by atoms with E-state index >= 15 is 0 Å². The first-order valence-electron chi connectivity index (χ1n) is 8.24. The van der Waals surface area contributed by atoms with Gasteiger partial charge < -0.3 is 15.0 Å². The molecular weight excluding hydrogens is 236 g/mol. The zero-order chi connectivity index (χ0) is 13.6. The van der Waals surface area contributed by atoms with Crippen molar-refractivity contribution in [2.24, 2.45) is 5.41 Å². The molecule has 1 aliphatic heterocycles. The van der Waals surface area contributed by atoms with Gasteiger partial charge in [-0.1, -0.05) is 26.2 Å². The number of nitrogens with one attached hydrogen (secondary N) is 1. The molecule has 3 nitrogen and oxygen atoms in total. The Kier molecular flexibility index (Phi) is 6.11. The molecule has 1 saturated heterocycles. The molecule has 0 aromatic carbocycles. The quantitative estimate of drug-likeness (QED) is 0.718. The average molecular weight is 268 g/mol. The van der Waals surface area contributed by atoms with E-state index in [1.807, 2.05) is 0 Å². The third kappa shape index (κ3) is 4.44. The average Bonchev–Trinajstić information content (AvgIpc) is 2.94. The highest BCUT2D eigenvalue weighted by Gasteiger charge is 2.34. The maximum atomic E-state index is 5.54. The SMILES string of the molecule is CCCNCC1(CN(C)C2CCOC2)CCCCC1. The highest BCUT2D eigenvalue weighted by molar-refractivity contribution is 4.89. The van der Waals surface area contributed by atoms with Gasteiger partial charge in [0.1, 0.15) is 0 Å². The Morgan fingerprint density at radius 1 is 1.26 bits per heavy atom. The molecule has 19 heavy (non-hydrogen) atoms. The van der Waals surface area contributed by atoms with E-state index in [1.165, 1.54) is 58.0 Å². The summed E-state index contributed by atoms with van der Waals surface area (Å²) in [6, 6.07) is 0.657. The second kappa shape index (κ2) is 7.61. The summed E-state index contributed by atoms with van der Waals surface area (Å²) < 4.78 is 5.54. The summed E-state index contributed by atoms with van der Waals surface area (Å²) in [6.07, 6.45) is 9.54. The molecule has 112 valence electrons. The third-order valence-electron chi connectivity index (χ3n) is 4.95. The van der Waals surface area contributed by atoms with Gasteiger partial charge in [0, 0.05) is 25.7 Å². The third-order valence-corrected chi connectivity index (χ3v) is 4.95. The normalized spacial score (nSPS) is 27.0. The monoisotopic (exact) mass is 268 g/mol. The Labute approximate surface area is 119 Å². The van der Waals surface area contributed by atoms with Gasteiger partial charge in [-0.05, 0) is 44.7 Å². The molecule has 1 saturated carbocycles. The molecule has 1 unspecified atom stereocenters. The molecule has 0 spiro atoms. The molecule has 1 atom stereocenters. The van der Waals surface area contributed by atoms with E-state index in [-0.39, 0.29) is 0 Å². The molecule has 3 heteroatoms. The first kappa shape index (κ1) is 15.3. The molecule has 2 rings (SSSR count). The molecule has 1 aliphatic carbocycles. The lowest BCUT2D eigenvalue weighted by Gasteiger charge is -2.42. The predicted molar refractivity (Wildman–Crippen MR) is 80.5 cm³/mol. The summed E-state index contributed by atoms with van der Waals surface area (Å²) >= 11 is 0. The minimum absolute atomic E-state index is 0.519. The molecule has 0 bridgehead atoms. The van der Waals surface area contributed by atoms with Gasteiger partial charge >= 0.3 is 0 Å². The van der Waals surface area contributed by atoms with Crippen molar-refractivity contribution in [3.05, 3.63) is 0 Å². The Bertz CT molecular complexity index is 245. The first-order valence-corrected chi connectivity index (χ1v) is 8.24. The van der Waals surface area contributed by atoms with Gasteiger partial charge in [0.25, 0.3) is 0 Å². The van der Waals surface area contributed by atoms with Crippen LogP contribution in [0.2, 0.25) is 0 Å². The van der Waals surface area contributed by atoms with Gasteiger partial charge in [-0.2, -0.15) is 0 Å². The lowest BCUT2D eigenvalue weighted by atomic mass is 9.73. The maximum absolute atomic E-state index is 5.54. The fourth-order valence-corrected chi connectivity index (χ4v) is 3.75. The van der Waals surface area contributed by atoms with Crippen LogP contribution in [-0.4, -0.2) is 50.8 Å². The minimum atomic E-state index is 0.519. The lowest BCUT2D eigenvalue weighted by molar-refractivity contribution is 0.0844. The first-order chi connectivity index (χ1) is 9.26. The molecule has 0 radical (unpaired) electrons. The Morgan fingerprint density at radius 3 is 2.68 bits per heavy atom. The second-order valence-corrected chi connectivity index (χ2v) is 6.67. The topological polar surface area (TPSA) is 24.5 Å². The van der Waals surface area contributed by atoms with Crippen LogP contribution < -0.4 is 5.32 Å². The van der Waals surface area contributed by atoms with E-state index in [9.17, 15) is 0 Å². The molecule has 0 aromatic rings. The van der Waals surface area contributed by atoms with Gasteiger partial charge in [-0.3, -0.25) is 0 Å². The van der Waals surface area contributed by atoms with Crippen LogP contribution in [0.1, 0.15) is 51.9 Å². The van der Waals surface area contributed by atoms with Crippen molar-refractivity contribution in [1.29, 1.82) is 0 Å². The van der Waals surface area contributed by atoms with E-state index in [2.05, 4.69) is 24.2 Å². The number of ether oxygens (including phenoxy) is 1. The molecule has 2 fully saturated rings. The van der Waals surface area contributed by atoms with Gasteiger partial charge in [0.15, 0.2) is 0 Å². The van der Waals surface area contributed by atoms with Crippen molar-refractivity contribution in [3.63, 3.8) is 0 Å². The fourth-order valence-electron chi connectivity index (χ4n) is 3.75. The van der Waals surface area contributed by atoms with E-state index in [0.717, 1.165) is 19.8 Å². The highest BCUT2D eigenvalue weighted by atomic mass is 16.5. The minimum Gasteiger partial charge on any atom is -0.380 e. The summed E-state index contributed by atoms with van der Waals surface area (Å²) in [5.74, 6) is 0. The molecule has 1 heterocycles. The number of hydrogen-bond donors (Lipinski definition) is 1. The van der Waals surface area contributed by atoms with Gasteiger partial charge in [-0.25, -0.2) is 0 Å². The molecule has 0 amide bonds. The number of nitrogens with zero attached hydrogens (tertiary/aromatic N) is 1. The van der Waals surface area contributed by atoms with Crippen molar-refractivity contribution in [3.8, 4) is 0 Å². The molecule has 1 N–H and O–H groups in total. The van der Waals surface area contributed by atoms with Crippen LogP contribution in [0, 0.1) is 5.41 Å². The number of likely N-dealkylation sites (N-methyl/N-ethyl adjacent to an activating group) is 1. The Hall–Kier alpha value is -0.120. The van der Waals surface area contributed by atoms with E-state index in [4.69, 9.17) is 4.74 Å². The summed E-state index contributed by atoms with van der Waals surface area (Å²) in [6.45, 7) is 7.77. The fraction of sp³-hybridized carbons (Fsp3) is 1.00. The summed E-state index contributed by atoms with van der Waals surface area (Å²) in [4.78, 5) is 2.58. The summed E-state index contributed by atoms with van der Waals surface area (Å²) in [5, 5.41) is 3.68. The van der Waals surface area contributed by atoms with Crippen LogP contribution in [0.25, 0.3) is 0 Å². The van der Waals surface area contributed by atoms with Crippen LogP contribution >= 0.6 is 0 Å². The van der Waals surface area contributed by atoms with Crippen LogP contribution in [0.4, 0.5) is 0 Å². The van der Waals surface area contributed by atoms with E-state index < -0.39 is 0 Å². The predicted octanol–water partition coefficient (Wildman–Crippen LogP) is 2.66. The molecule has 2 aliphatic rings. The smallest absolute Gasteiger partial charge is 0.0622 e. The van der Waals surface area contributed by atoms with Crippen molar-refractivity contribution in [2.45, 2.75) is 57.9 Å². The van der Waals surface area contributed by atoms with E-state index in [0.29, 0.717) is 11.5 Å². The van der Waals surface area contributed by atoms with Crippen molar-refractivity contribution < 1.29 is 4.74 Å². The largest absolute Gasteiger partial charge is 0.380 e. The van der Waals surface area contributed by atoms with Crippen LogP contribution in [0.3, 0.4) is 0 Å². The lowest BCUT2D eigenvalue weighted by Crippen LogP contribution is -2.47. The number of rotatable bonds is 7. The van der Waals surface area contributed by atoms with Crippen LogP contribution in [0.5, 0.6) is 0 Å². The zero-order valence-electron chi connectivity index (χ0n) is 12.9. The van der Waals surface area contributed by atoms with Crippen molar-refractivity contribution >= 4 is 0 Å². The van der Waals surface area contributed by atoms with Crippen LogP contribution in [-0.2, 0) is 4.74 Å². The second-order valence-electron chi connectivity index (χ2n) is 6.67. The van der Waals surface area contributed by atoms with Crippen LogP contribution in [0.15, 0.2) is 0 Å². The van der Waals surface area contributed by atoms with E-state index in [1.54, 1.807) is 0 Å². The van der Waals surface area contributed by atoms with Gasteiger partial charge in [-0.15, -0.1) is 0 Å². The Morgan fingerprint density at radius 2 is 2.05 bits per heavy atom. The van der Waals surface area contributed by atoms with Crippen molar-refractivity contribution in [1.82, 2.24) is 10.2 Å². The standard InChI is InChI=1S/C16H32N2O/c1-3-10-17-13-16(8-5-4-6-9-16)14-18(2)15-7-11-19-12-15/h15,17H,3-14H2,1-2H3. The van der Waals surface area contributed by atoms with Gasteiger partial charge in [0.05, 0.1) is 6.61 Å². The molecular formula is C16H32N2O. The number of hydrogen-bond acceptors (Lipinski definition) is 3. The Balaban J connectivity index is 1.88. The summed E-state index contributed by atoms with van der Waals surface area (Å²) in [7, 11) is 2.30.